The Bertz CT molecular complexity index is 956. The third-order valence-electron chi connectivity index (χ3n) is 4.56. The minimum Gasteiger partial charge on any atom is -0.374 e. The van der Waals surface area contributed by atoms with Crippen LogP contribution in [0, 0.1) is 12.7 Å². The van der Waals surface area contributed by atoms with Gasteiger partial charge in [0.1, 0.15) is 11.5 Å². The fourth-order valence-electron chi connectivity index (χ4n) is 3.36. The van der Waals surface area contributed by atoms with Crippen LogP contribution in [0.2, 0.25) is 0 Å². The third-order valence-corrected chi connectivity index (χ3v) is 4.56. The summed E-state index contributed by atoms with van der Waals surface area (Å²) in [6.07, 6.45) is 3.85. The van der Waals surface area contributed by atoms with Gasteiger partial charge in [0, 0.05) is 31.9 Å². The molecule has 26 heavy (non-hydrogen) atoms. The maximum absolute atomic E-state index is 13.4. The van der Waals surface area contributed by atoms with E-state index in [4.69, 9.17) is 4.74 Å². The van der Waals surface area contributed by atoms with Crippen LogP contribution in [0.1, 0.15) is 21.7 Å². The molecule has 1 aliphatic heterocycles. The zero-order valence-corrected chi connectivity index (χ0v) is 14.4. The molecule has 1 saturated heterocycles. The Hall–Kier alpha value is -2.80. The Labute approximate surface area is 150 Å². The van der Waals surface area contributed by atoms with Crippen LogP contribution in [-0.2, 0) is 11.2 Å². The van der Waals surface area contributed by atoms with Gasteiger partial charge in [0.2, 0.25) is 5.78 Å². The van der Waals surface area contributed by atoms with Gasteiger partial charge in [-0.3, -0.25) is 9.20 Å². The second-order valence-corrected chi connectivity index (χ2v) is 6.41. The molecule has 2 aromatic heterocycles. The van der Waals surface area contributed by atoms with Gasteiger partial charge in [-0.2, -0.15) is 0 Å². The van der Waals surface area contributed by atoms with Crippen LogP contribution >= 0.6 is 0 Å². The van der Waals surface area contributed by atoms with Crippen LogP contribution in [0.5, 0.6) is 0 Å². The van der Waals surface area contributed by atoms with E-state index >= 15 is 0 Å². The molecule has 0 saturated carbocycles. The van der Waals surface area contributed by atoms with Crippen molar-refractivity contribution in [2.24, 2.45) is 0 Å². The lowest BCUT2D eigenvalue weighted by Crippen LogP contribution is -2.46. The van der Waals surface area contributed by atoms with E-state index in [1.54, 1.807) is 33.8 Å². The molecule has 1 aromatic carbocycles. The van der Waals surface area contributed by atoms with Crippen LogP contribution < -0.4 is 0 Å². The van der Waals surface area contributed by atoms with E-state index in [2.05, 4.69) is 9.97 Å². The average Bonchev–Trinajstić information content (AvgIpc) is 2.97. The summed E-state index contributed by atoms with van der Waals surface area (Å²) in [5.41, 5.74) is 2.04. The van der Waals surface area contributed by atoms with Crippen LogP contribution in [0.25, 0.3) is 5.78 Å². The molecule has 3 aromatic rings. The van der Waals surface area contributed by atoms with Crippen LogP contribution in [0.3, 0.4) is 0 Å². The van der Waals surface area contributed by atoms with Gasteiger partial charge in [0.15, 0.2) is 0 Å². The van der Waals surface area contributed by atoms with Gasteiger partial charge < -0.3 is 9.64 Å². The molecule has 1 amide bonds. The number of rotatable bonds is 3. The molecular weight excluding hydrogens is 335 g/mol. The molecule has 7 heteroatoms. The Balaban J connectivity index is 1.53. The lowest BCUT2D eigenvalue weighted by Gasteiger charge is -2.33. The number of carbonyl (C=O) groups excluding carboxylic acids is 1. The second kappa shape index (κ2) is 6.84. The van der Waals surface area contributed by atoms with Crippen LogP contribution in [0.4, 0.5) is 4.39 Å². The Morgan fingerprint density at radius 3 is 3.12 bits per heavy atom. The van der Waals surface area contributed by atoms with Crippen molar-refractivity contribution in [2.75, 3.05) is 19.7 Å². The molecule has 3 heterocycles. The van der Waals surface area contributed by atoms with E-state index < -0.39 is 0 Å². The number of fused-ring (bicyclic) bond motifs is 1. The molecule has 134 valence electrons. The highest BCUT2D eigenvalue weighted by Crippen LogP contribution is 2.17. The van der Waals surface area contributed by atoms with Crippen molar-refractivity contribution in [3.05, 3.63) is 65.5 Å². The zero-order valence-electron chi connectivity index (χ0n) is 14.4. The van der Waals surface area contributed by atoms with Crippen molar-refractivity contribution in [3.8, 4) is 0 Å². The first kappa shape index (κ1) is 16.7. The smallest absolute Gasteiger partial charge is 0.272 e. The topological polar surface area (TPSA) is 59.7 Å². The molecular formula is C19H19FN4O2. The number of imidazole rings is 1. The molecule has 0 unspecified atom stereocenters. The number of ether oxygens (including phenoxy) is 1. The maximum atomic E-state index is 13.4. The minimum atomic E-state index is -0.264. The van der Waals surface area contributed by atoms with Gasteiger partial charge in [0.05, 0.1) is 18.4 Å². The quantitative estimate of drug-likeness (QED) is 0.724. The van der Waals surface area contributed by atoms with Gasteiger partial charge in [-0.25, -0.2) is 14.4 Å². The lowest BCUT2D eigenvalue weighted by atomic mass is 10.1. The average molecular weight is 354 g/mol. The first-order chi connectivity index (χ1) is 12.6. The molecule has 6 nitrogen and oxygen atoms in total. The zero-order chi connectivity index (χ0) is 18.1. The maximum Gasteiger partial charge on any atom is 0.272 e. The Morgan fingerprint density at radius 1 is 1.38 bits per heavy atom. The van der Waals surface area contributed by atoms with E-state index in [9.17, 15) is 9.18 Å². The van der Waals surface area contributed by atoms with Crippen molar-refractivity contribution in [1.82, 2.24) is 19.3 Å². The van der Waals surface area contributed by atoms with Crippen molar-refractivity contribution >= 4 is 11.7 Å². The van der Waals surface area contributed by atoms with Gasteiger partial charge in [-0.15, -0.1) is 0 Å². The molecule has 0 radical (unpaired) electrons. The van der Waals surface area contributed by atoms with Crippen molar-refractivity contribution in [3.63, 3.8) is 0 Å². The minimum absolute atomic E-state index is 0.0875. The van der Waals surface area contributed by atoms with Gasteiger partial charge in [0.25, 0.3) is 5.91 Å². The van der Waals surface area contributed by atoms with Gasteiger partial charge in [-0.05, 0) is 30.7 Å². The third kappa shape index (κ3) is 3.17. The summed E-state index contributed by atoms with van der Waals surface area (Å²) in [5, 5.41) is 0. The fraction of sp³-hybridized carbons (Fsp3) is 0.316. The molecule has 0 N–H and O–H groups in total. The largest absolute Gasteiger partial charge is 0.374 e. The van der Waals surface area contributed by atoms with E-state index in [0.29, 0.717) is 43.3 Å². The van der Waals surface area contributed by atoms with Crippen molar-refractivity contribution in [2.45, 2.75) is 19.4 Å². The lowest BCUT2D eigenvalue weighted by molar-refractivity contribution is -0.0211. The first-order valence-electron chi connectivity index (χ1n) is 8.57. The van der Waals surface area contributed by atoms with Crippen molar-refractivity contribution in [1.29, 1.82) is 0 Å². The predicted octanol–water partition coefficient (Wildman–Crippen LogP) is 2.26. The number of hydrogen-bond donors (Lipinski definition) is 0. The predicted molar refractivity (Wildman–Crippen MR) is 93.5 cm³/mol. The highest BCUT2D eigenvalue weighted by atomic mass is 19.1. The molecule has 1 atom stereocenters. The number of morpholine rings is 1. The first-order valence-corrected chi connectivity index (χ1v) is 8.57. The van der Waals surface area contributed by atoms with E-state index in [0.717, 1.165) is 5.56 Å². The number of benzene rings is 1. The summed E-state index contributed by atoms with van der Waals surface area (Å²) < 4.78 is 20.9. The monoisotopic (exact) mass is 354 g/mol. The fourth-order valence-corrected chi connectivity index (χ4v) is 3.36. The molecule has 0 spiro atoms. The molecule has 4 rings (SSSR count). The number of aryl methyl sites for hydroxylation is 1. The number of halogens is 1. The summed E-state index contributed by atoms with van der Waals surface area (Å²) in [6.45, 7) is 3.25. The standard InChI is InChI=1S/C19H19FN4O2/c1-13-17(24-7-3-6-21-19(24)22-13)18(25)23-8-9-26-16(12-23)11-14-4-2-5-15(20)10-14/h2-7,10,16H,8-9,11-12H2,1H3/t16-/m1/s1. The van der Waals surface area contributed by atoms with Gasteiger partial charge in [-0.1, -0.05) is 12.1 Å². The molecule has 1 aliphatic rings. The number of amides is 1. The number of aromatic nitrogens is 3. The summed E-state index contributed by atoms with van der Waals surface area (Å²) >= 11 is 0. The summed E-state index contributed by atoms with van der Waals surface area (Å²) in [5.74, 6) is 0.161. The summed E-state index contributed by atoms with van der Waals surface area (Å²) in [7, 11) is 0. The summed E-state index contributed by atoms with van der Waals surface area (Å²) in [6, 6.07) is 8.25. The summed E-state index contributed by atoms with van der Waals surface area (Å²) in [4.78, 5) is 23.4. The molecule has 1 fully saturated rings. The highest BCUT2D eigenvalue weighted by Gasteiger charge is 2.28. The second-order valence-electron chi connectivity index (χ2n) is 6.41. The van der Waals surface area contributed by atoms with E-state index in [-0.39, 0.29) is 17.8 Å². The van der Waals surface area contributed by atoms with Crippen LogP contribution in [-0.4, -0.2) is 51.0 Å². The number of hydrogen-bond acceptors (Lipinski definition) is 4. The van der Waals surface area contributed by atoms with Gasteiger partial charge >= 0.3 is 0 Å². The van der Waals surface area contributed by atoms with Crippen LogP contribution in [0.15, 0.2) is 42.7 Å². The molecule has 0 bridgehead atoms. The van der Waals surface area contributed by atoms with E-state index in [1.165, 1.54) is 12.1 Å². The van der Waals surface area contributed by atoms with Crippen molar-refractivity contribution < 1.29 is 13.9 Å². The number of carbonyl (C=O) groups is 1. The Kier molecular flexibility index (Phi) is 4.38. The highest BCUT2D eigenvalue weighted by molar-refractivity contribution is 5.94. The van der Waals surface area contributed by atoms with E-state index in [1.807, 2.05) is 13.0 Å². The molecule has 0 aliphatic carbocycles. The normalized spacial score (nSPS) is 17.6. The SMILES string of the molecule is Cc1nc2ncccn2c1C(=O)N1CCO[C@H](Cc2cccc(F)c2)C1. The Morgan fingerprint density at radius 2 is 2.27 bits per heavy atom. The number of nitrogens with zero attached hydrogens (tertiary/aromatic N) is 4.